The molecule has 0 aliphatic carbocycles. The van der Waals surface area contributed by atoms with E-state index in [0.29, 0.717) is 0 Å². The van der Waals surface area contributed by atoms with Crippen LogP contribution in [0.3, 0.4) is 0 Å². The minimum Gasteiger partial charge on any atom is -0.345 e. The molecule has 5 heteroatoms. The predicted molar refractivity (Wildman–Crippen MR) is 108 cm³/mol. The van der Waals surface area contributed by atoms with Crippen LogP contribution >= 0.6 is 11.3 Å². The van der Waals surface area contributed by atoms with Gasteiger partial charge in [0.2, 0.25) is 0 Å². The van der Waals surface area contributed by atoms with Crippen LogP contribution in [0.1, 0.15) is 27.0 Å². The number of carbonyl (C=O) groups is 1. The number of fused-ring (bicyclic) bond motifs is 1. The fourth-order valence-corrected chi connectivity index (χ4v) is 4.53. The molecule has 0 atom stereocenters. The molecule has 0 saturated carbocycles. The number of anilines is 1. The summed E-state index contributed by atoms with van der Waals surface area (Å²) in [4.78, 5) is 21.8. The Balaban J connectivity index is 1.48. The number of aryl methyl sites for hydroxylation is 3. The minimum atomic E-state index is 0.126. The van der Waals surface area contributed by atoms with Crippen LogP contribution in [0.2, 0.25) is 0 Å². The zero-order valence-electron chi connectivity index (χ0n) is 15.5. The lowest BCUT2D eigenvalue weighted by Crippen LogP contribution is -2.48. The fourth-order valence-electron chi connectivity index (χ4n) is 3.36. The van der Waals surface area contributed by atoms with E-state index >= 15 is 0 Å². The fraction of sp³-hybridized carbons (Fsp3) is 0.333. The number of benzene rings is 2. The number of thiazole rings is 1. The summed E-state index contributed by atoms with van der Waals surface area (Å²) in [5.41, 5.74) is 5.56. The van der Waals surface area contributed by atoms with Gasteiger partial charge in [-0.2, -0.15) is 0 Å². The van der Waals surface area contributed by atoms with Gasteiger partial charge in [-0.25, -0.2) is 4.98 Å². The van der Waals surface area contributed by atoms with E-state index in [4.69, 9.17) is 4.98 Å². The Bertz CT molecular complexity index is 914. The van der Waals surface area contributed by atoms with Gasteiger partial charge in [0.15, 0.2) is 5.13 Å². The van der Waals surface area contributed by atoms with Gasteiger partial charge in [0.1, 0.15) is 0 Å². The summed E-state index contributed by atoms with van der Waals surface area (Å²) in [6.07, 6.45) is 0. The molecule has 1 fully saturated rings. The maximum absolute atomic E-state index is 12.7. The summed E-state index contributed by atoms with van der Waals surface area (Å²) in [6.45, 7) is 9.42. The van der Waals surface area contributed by atoms with E-state index in [0.717, 1.165) is 42.4 Å². The Morgan fingerprint density at radius 3 is 2.23 bits per heavy atom. The topological polar surface area (TPSA) is 36.4 Å². The molecule has 26 heavy (non-hydrogen) atoms. The first-order valence-electron chi connectivity index (χ1n) is 9.00. The zero-order valence-corrected chi connectivity index (χ0v) is 16.3. The summed E-state index contributed by atoms with van der Waals surface area (Å²) >= 11 is 1.76. The Morgan fingerprint density at radius 2 is 1.58 bits per heavy atom. The number of rotatable bonds is 2. The van der Waals surface area contributed by atoms with Gasteiger partial charge in [0.05, 0.1) is 10.2 Å². The molecule has 1 saturated heterocycles. The SMILES string of the molecule is Cc1ccc(C(=O)N2CCN(c3nc4c(C)ccc(C)c4s3)CC2)cc1. The molecule has 1 aromatic heterocycles. The standard InChI is InChI=1S/C21H23N3OS/c1-14-4-8-17(9-5-14)20(25)23-10-12-24(13-11-23)21-22-18-15(2)6-7-16(3)19(18)26-21/h4-9H,10-13H2,1-3H3. The van der Waals surface area contributed by atoms with Gasteiger partial charge >= 0.3 is 0 Å². The number of carbonyl (C=O) groups excluding carboxylic acids is 1. The number of nitrogens with zero attached hydrogens (tertiary/aromatic N) is 3. The van der Waals surface area contributed by atoms with E-state index in [1.165, 1.54) is 21.4 Å². The van der Waals surface area contributed by atoms with Crippen molar-refractivity contribution in [3.63, 3.8) is 0 Å². The molecule has 2 aromatic carbocycles. The predicted octanol–water partition coefficient (Wildman–Crippen LogP) is 4.18. The van der Waals surface area contributed by atoms with Crippen LogP contribution in [0.25, 0.3) is 10.2 Å². The highest BCUT2D eigenvalue weighted by Gasteiger charge is 2.24. The monoisotopic (exact) mass is 365 g/mol. The van der Waals surface area contributed by atoms with Gasteiger partial charge in [-0.1, -0.05) is 41.2 Å². The van der Waals surface area contributed by atoms with Crippen molar-refractivity contribution in [1.82, 2.24) is 9.88 Å². The molecule has 4 nitrogen and oxygen atoms in total. The second-order valence-corrected chi connectivity index (χ2v) is 8.00. The normalized spacial score (nSPS) is 14.9. The second kappa shape index (κ2) is 6.72. The molecule has 134 valence electrons. The maximum Gasteiger partial charge on any atom is 0.253 e. The van der Waals surface area contributed by atoms with Crippen LogP contribution in [-0.2, 0) is 0 Å². The third-order valence-corrected chi connectivity index (χ3v) is 6.32. The molecule has 1 aliphatic heterocycles. The van der Waals surface area contributed by atoms with E-state index in [2.05, 4.69) is 30.9 Å². The highest BCUT2D eigenvalue weighted by Crippen LogP contribution is 2.33. The first kappa shape index (κ1) is 17.0. The molecule has 2 heterocycles. The molecule has 0 unspecified atom stereocenters. The molecule has 4 rings (SSSR count). The van der Waals surface area contributed by atoms with E-state index in [1.807, 2.05) is 36.1 Å². The summed E-state index contributed by atoms with van der Waals surface area (Å²) in [7, 11) is 0. The number of aromatic nitrogens is 1. The van der Waals surface area contributed by atoms with E-state index in [1.54, 1.807) is 11.3 Å². The summed E-state index contributed by atoms with van der Waals surface area (Å²) in [5.74, 6) is 0.126. The van der Waals surface area contributed by atoms with Gasteiger partial charge in [0, 0.05) is 31.7 Å². The number of amides is 1. The molecular weight excluding hydrogens is 342 g/mol. The first-order chi connectivity index (χ1) is 12.5. The Hall–Kier alpha value is -2.40. The van der Waals surface area contributed by atoms with Crippen molar-refractivity contribution in [2.24, 2.45) is 0 Å². The number of hydrogen-bond donors (Lipinski definition) is 0. The number of piperazine rings is 1. The molecule has 0 N–H and O–H groups in total. The molecule has 1 amide bonds. The van der Waals surface area contributed by atoms with Crippen LogP contribution in [0, 0.1) is 20.8 Å². The van der Waals surface area contributed by atoms with Crippen LogP contribution in [0.15, 0.2) is 36.4 Å². The average molecular weight is 366 g/mol. The molecular formula is C21H23N3OS. The largest absolute Gasteiger partial charge is 0.345 e. The third-order valence-electron chi connectivity index (χ3n) is 5.07. The van der Waals surface area contributed by atoms with Crippen LogP contribution in [-0.4, -0.2) is 42.0 Å². The van der Waals surface area contributed by atoms with Crippen molar-refractivity contribution in [3.8, 4) is 0 Å². The van der Waals surface area contributed by atoms with Crippen molar-refractivity contribution in [1.29, 1.82) is 0 Å². The molecule has 1 aliphatic rings. The van der Waals surface area contributed by atoms with Gasteiger partial charge < -0.3 is 9.80 Å². The summed E-state index contributed by atoms with van der Waals surface area (Å²) in [6, 6.07) is 12.1. The lowest BCUT2D eigenvalue weighted by atomic mass is 10.1. The molecule has 3 aromatic rings. The van der Waals surface area contributed by atoms with Gasteiger partial charge in [-0.3, -0.25) is 4.79 Å². The number of hydrogen-bond acceptors (Lipinski definition) is 4. The maximum atomic E-state index is 12.7. The Kier molecular flexibility index (Phi) is 4.41. The van der Waals surface area contributed by atoms with Gasteiger partial charge in [0.25, 0.3) is 5.91 Å². The van der Waals surface area contributed by atoms with Gasteiger partial charge in [-0.15, -0.1) is 0 Å². The lowest BCUT2D eigenvalue weighted by Gasteiger charge is -2.34. The van der Waals surface area contributed by atoms with Crippen LogP contribution < -0.4 is 4.90 Å². The second-order valence-electron chi connectivity index (χ2n) is 7.02. The average Bonchev–Trinajstić information content (AvgIpc) is 3.12. The Morgan fingerprint density at radius 1 is 0.923 bits per heavy atom. The van der Waals surface area contributed by atoms with E-state index in [9.17, 15) is 4.79 Å². The van der Waals surface area contributed by atoms with Crippen LogP contribution in [0.5, 0.6) is 0 Å². The van der Waals surface area contributed by atoms with Crippen LogP contribution in [0.4, 0.5) is 5.13 Å². The van der Waals surface area contributed by atoms with E-state index in [-0.39, 0.29) is 5.91 Å². The molecule has 0 bridgehead atoms. The van der Waals surface area contributed by atoms with Crippen molar-refractivity contribution < 1.29 is 4.79 Å². The minimum absolute atomic E-state index is 0.126. The zero-order chi connectivity index (χ0) is 18.3. The van der Waals surface area contributed by atoms with Crippen molar-refractivity contribution in [2.45, 2.75) is 20.8 Å². The summed E-state index contributed by atoms with van der Waals surface area (Å²) in [5, 5.41) is 1.07. The van der Waals surface area contributed by atoms with Gasteiger partial charge in [-0.05, 0) is 44.0 Å². The highest BCUT2D eigenvalue weighted by molar-refractivity contribution is 7.22. The van der Waals surface area contributed by atoms with Crippen molar-refractivity contribution >= 4 is 32.6 Å². The summed E-state index contributed by atoms with van der Waals surface area (Å²) < 4.78 is 1.28. The molecule has 0 radical (unpaired) electrons. The van der Waals surface area contributed by atoms with E-state index < -0.39 is 0 Å². The molecule has 0 spiro atoms. The Labute approximate surface area is 158 Å². The lowest BCUT2D eigenvalue weighted by molar-refractivity contribution is 0.0747. The highest BCUT2D eigenvalue weighted by atomic mass is 32.1. The first-order valence-corrected chi connectivity index (χ1v) is 9.82. The van der Waals surface area contributed by atoms with Crippen molar-refractivity contribution in [3.05, 3.63) is 58.7 Å². The quantitative estimate of drug-likeness (QED) is 0.683. The van der Waals surface area contributed by atoms with Crippen molar-refractivity contribution in [2.75, 3.05) is 31.1 Å². The smallest absolute Gasteiger partial charge is 0.253 e. The third kappa shape index (κ3) is 3.07.